The molecular formula is C20H32N5O12P. The van der Waals surface area contributed by atoms with Crippen molar-refractivity contribution in [3.63, 3.8) is 0 Å². The third-order valence-electron chi connectivity index (χ3n) is 5.68. The van der Waals surface area contributed by atoms with Crippen molar-refractivity contribution in [2.45, 2.75) is 63.6 Å². The zero-order valence-electron chi connectivity index (χ0n) is 20.5. The van der Waals surface area contributed by atoms with Crippen LogP contribution in [0.3, 0.4) is 0 Å². The average Bonchev–Trinajstić information content (AvgIpc) is 3.40. The van der Waals surface area contributed by atoms with E-state index in [0.717, 1.165) is 0 Å². The standard InChI is InChI=1S/2C10H14N2O5.H4NO2P/c2*1-5-3-12(10(16)11-9(5)15)8-2-6(14)7(4-13)17-8;1-4(2)3/h2*3,6-8,13-14H,2,4H2,1H3,(H,11,15,16);2-3H,1H2/t2*6-,7+,8+;/m00./s1. The quantitative estimate of drug-likeness (QED) is 0.161. The van der Waals surface area contributed by atoms with Crippen LogP contribution in [0.5, 0.6) is 0 Å². The molecule has 18 heteroatoms. The van der Waals surface area contributed by atoms with Crippen LogP contribution >= 0.6 is 8.53 Å². The number of rotatable bonds is 4. The molecule has 0 aliphatic carbocycles. The molecule has 0 amide bonds. The second-order valence-electron chi connectivity index (χ2n) is 8.51. The maximum absolute atomic E-state index is 11.6. The second kappa shape index (κ2) is 14.0. The second-order valence-corrected chi connectivity index (χ2v) is 9.15. The van der Waals surface area contributed by atoms with Crippen LogP contribution in [-0.2, 0) is 9.47 Å². The van der Waals surface area contributed by atoms with E-state index in [9.17, 15) is 29.4 Å². The molecule has 2 aromatic heterocycles. The van der Waals surface area contributed by atoms with Gasteiger partial charge in [-0.15, -0.1) is 0 Å². The summed E-state index contributed by atoms with van der Waals surface area (Å²) in [6, 6.07) is 0. The van der Waals surface area contributed by atoms with E-state index in [0.29, 0.717) is 11.1 Å². The number of nitrogens with one attached hydrogen (secondary N) is 2. The van der Waals surface area contributed by atoms with Crippen molar-refractivity contribution in [1.82, 2.24) is 19.1 Å². The molecule has 2 aliphatic rings. The van der Waals surface area contributed by atoms with Gasteiger partial charge in [-0.2, -0.15) is 0 Å². The van der Waals surface area contributed by atoms with E-state index < -0.39 is 67.9 Å². The SMILES string of the molecule is Cc1cn([C@H]2C[C@H](O)[C@@H](CO)O2)c(=O)[nH]c1=O.Cc1cn([C@H]2C[C@H](O)[C@@H](CO)O2)c(=O)[nH]c1=O.NP(O)O. The number of hydrogen-bond donors (Lipinski definition) is 9. The number of hydrogen-bond acceptors (Lipinski definition) is 13. The molecule has 4 heterocycles. The van der Waals surface area contributed by atoms with Gasteiger partial charge in [0.25, 0.3) is 11.1 Å². The molecule has 0 saturated carbocycles. The number of nitrogens with zero attached hydrogens (tertiary/aromatic N) is 2. The molecule has 0 spiro atoms. The van der Waals surface area contributed by atoms with Crippen molar-refractivity contribution in [3.8, 4) is 0 Å². The van der Waals surface area contributed by atoms with E-state index in [1.807, 2.05) is 0 Å². The molecule has 214 valence electrons. The van der Waals surface area contributed by atoms with E-state index in [1.165, 1.54) is 21.5 Å². The number of ether oxygens (including phenoxy) is 2. The third kappa shape index (κ3) is 8.21. The fourth-order valence-corrected chi connectivity index (χ4v) is 3.70. The van der Waals surface area contributed by atoms with E-state index in [2.05, 4.69) is 15.5 Å². The van der Waals surface area contributed by atoms with Gasteiger partial charge in [0.15, 0.2) is 0 Å². The fourth-order valence-electron chi connectivity index (χ4n) is 3.70. The van der Waals surface area contributed by atoms with Gasteiger partial charge in [0.2, 0.25) is 8.53 Å². The number of aliphatic hydroxyl groups excluding tert-OH is 4. The van der Waals surface area contributed by atoms with Crippen LogP contribution in [0.4, 0.5) is 0 Å². The first-order valence-electron chi connectivity index (χ1n) is 11.2. The van der Waals surface area contributed by atoms with Crippen LogP contribution < -0.4 is 28.0 Å². The highest BCUT2D eigenvalue weighted by Gasteiger charge is 2.36. The summed E-state index contributed by atoms with van der Waals surface area (Å²) in [5, 5.41) is 37.0. The first kappa shape index (κ1) is 31.6. The van der Waals surface area contributed by atoms with E-state index in [4.69, 9.17) is 29.5 Å². The predicted molar refractivity (Wildman–Crippen MR) is 131 cm³/mol. The molecule has 4 rings (SSSR count). The monoisotopic (exact) mass is 565 g/mol. The molecular weight excluding hydrogens is 533 g/mol. The number of aliphatic hydroxyl groups is 4. The van der Waals surface area contributed by atoms with Gasteiger partial charge in [0, 0.05) is 36.4 Å². The lowest BCUT2D eigenvalue weighted by molar-refractivity contribution is -0.0459. The highest BCUT2D eigenvalue weighted by atomic mass is 31.2. The molecule has 6 atom stereocenters. The summed E-state index contributed by atoms with van der Waals surface area (Å²) >= 11 is 0. The summed E-state index contributed by atoms with van der Waals surface area (Å²) in [6.07, 6.45) is -1.16. The topological polar surface area (TPSA) is 276 Å². The molecule has 0 aromatic carbocycles. The summed E-state index contributed by atoms with van der Waals surface area (Å²) in [6.45, 7) is 2.52. The lowest BCUT2D eigenvalue weighted by Gasteiger charge is -2.14. The summed E-state index contributed by atoms with van der Waals surface area (Å²) in [5.74, 6) is 0. The molecule has 38 heavy (non-hydrogen) atoms. The molecule has 0 unspecified atom stereocenters. The smallest absolute Gasteiger partial charge is 0.330 e. The molecule has 0 bridgehead atoms. The minimum absolute atomic E-state index is 0.205. The summed E-state index contributed by atoms with van der Waals surface area (Å²) in [7, 11) is -2.12. The van der Waals surface area contributed by atoms with Gasteiger partial charge in [-0.3, -0.25) is 34.2 Å². The zero-order valence-corrected chi connectivity index (χ0v) is 21.4. The minimum Gasteiger partial charge on any atom is -0.394 e. The van der Waals surface area contributed by atoms with Crippen LogP contribution in [0.25, 0.3) is 0 Å². The maximum Gasteiger partial charge on any atom is 0.330 e. The van der Waals surface area contributed by atoms with Crippen molar-refractivity contribution in [2.75, 3.05) is 13.2 Å². The summed E-state index contributed by atoms with van der Waals surface area (Å²) in [5.41, 5.74) is 3.00. The van der Waals surface area contributed by atoms with Crippen molar-refractivity contribution in [3.05, 3.63) is 65.2 Å². The predicted octanol–water partition coefficient (Wildman–Crippen LogP) is -3.87. The fraction of sp³-hybridized carbons (Fsp3) is 0.600. The molecule has 2 aromatic rings. The van der Waals surface area contributed by atoms with E-state index in [1.54, 1.807) is 13.8 Å². The number of aryl methyl sites for hydroxylation is 2. The Balaban J connectivity index is 0.000000234. The first-order valence-corrected chi connectivity index (χ1v) is 12.6. The van der Waals surface area contributed by atoms with E-state index >= 15 is 0 Å². The van der Waals surface area contributed by atoms with Crippen molar-refractivity contribution >= 4 is 8.53 Å². The largest absolute Gasteiger partial charge is 0.394 e. The lowest BCUT2D eigenvalue weighted by atomic mass is 10.2. The zero-order chi connectivity index (χ0) is 28.7. The van der Waals surface area contributed by atoms with Crippen molar-refractivity contribution in [2.24, 2.45) is 5.50 Å². The molecule has 2 fully saturated rings. The van der Waals surface area contributed by atoms with Crippen LogP contribution in [0.15, 0.2) is 31.6 Å². The van der Waals surface area contributed by atoms with Crippen LogP contribution in [-0.4, -0.2) is 86.9 Å². The molecule has 10 N–H and O–H groups in total. The number of H-pyrrole nitrogens is 2. The maximum atomic E-state index is 11.6. The van der Waals surface area contributed by atoms with Gasteiger partial charge in [-0.05, 0) is 13.8 Å². The Morgan fingerprint density at radius 1 is 0.842 bits per heavy atom. The normalized spacial score (nSPS) is 26.5. The first-order chi connectivity index (χ1) is 17.8. The van der Waals surface area contributed by atoms with Crippen LogP contribution in [0.2, 0.25) is 0 Å². The van der Waals surface area contributed by atoms with Gasteiger partial charge in [-0.1, -0.05) is 0 Å². The van der Waals surface area contributed by atoms with Gasteiger partial charge in [0.1, 0.15) is 24.7 Å². The van der Waals surface area contributed by atoms with Crippen molar-refractivity contribution in [1.29, 1.82) is 0 Å². The van der Waals surface area contributed by atoms with Crippen LogP contribution in [0.1, 0.15) is 36.4 Å². The minimum atomic E-state index is -2.12. The van der Waals surface area contributed by atoms with Gasteiger partial charge >= 0.3 is 11.4 Å². The lowest BCUT2D eigenvalue weighted by Crippen LogP contribution is -2.33. The Kier molecular flexibility index (Phi) is 11.7. The Labute approximate surface area is 215 Å². The Morgan fingerprint density at radius 2 is 1.16 bits per heavy atom. The molecule has 0 radical (unpaired) electrons. The Hall–Kier alpha value is -2.57. The van der Waals surface area contributed by atoms with Crippen LogP contribution in [0, 0.1) is 13.8 Å². The van der Waals surface area contributed by atoms with Gasteiger partial charge in [0.05, 0.1) is 25.4 Å². The molecule has 2 aliphatic heterocycles. The number of nitrogens with two attached hydrogens (primary N) is 1. The van der Waals surface area contributed by atoms with Gasteiger partial charge < -0.3 is 39.7 Å². The summed E-state index contributed by atoms with van der Waals surface area (Å²) in [4.78, 5) is 64.7. The Morgan fingerprint density at radius 3 is 1.42 bits per heavy atom. The molecule has 17 nitrogen and oxygen atoms in total. The highest BCUT2D eigenvalue weighted by molar-refractivity contribution is 7.42. The summed E-state index contributed by atoms with van der Waals surface area (Å²) < 4.78 is 13.1. The van der Waals surface area contributed by atoms with Gasteiger partial charge in [-0.25, -0.2) is 9.59 Å². The number of aromatic nitrogens is 4. The average molecular weight is 565 g/mol. The van der Waals surface area contributed by atoms with Crippen molar-refractivity contribution < 1.29 is 39.7 Å². The molecule has 2 saturated heterocycles. The Bertz CT molecular complexity index is 1190. The third-order valence-corrected chi connectivity index (χ3v) is 5.68. The van der Waals surface area contributed by atoms with E-state index in [-0.39, 0.29) is 26.1 Å². The number of aromatic amines is 2. The highest BCUT2D eigenvalue weighted by Crippen LogP contribution is 2.28.